The van der Waals surface area contributed by atoms with Gasteiger partial charge in [0.2, 0.25) is 5.91 Å². The molecule has 0 unspecified atom stereocenters. The molecular weight excluding hydrogens is 622 g/mol. The molecule has 0 aliphatic heterocycles. The fourth-order valence-corrected chi connectivity index (χ4v) is 6.39. The van der Waals surface area contributed by atoms with Crippen molar-refractivity contribution < 1.29 is 24.6 Å². The summed E-state index contributed by atoms with van der Waals surface area (Å²) in [6.45, 7) is 5.56. The summed E-state index contributed by atoms with van der Waals surface area (Å²) < 4.78 is 0. The van der Waals surface area contributed by atoms with Crippen molar-refractivity contribution in [3.05, 3.63) is 84.2 Å². The number of pyridine rings is 1. The molecule has 49 heavy (non-hydrogen) atoms. The molecule has 4 rings (SSSR count). The Morgan fingerprint density at radius 1 is 0.980 bits per heavy atom. The zero-order valence-electron chi connectivity index (χ0n) is 29.0. The van der Waals surface area contributed by atoms with E-state index >= 15 is 0 Å². The van der Waals surface area contributed by atoms with Gasteiger partial charge in [-0.3, -0.25) is 9.78 Å². The lowest BCUT2D eigenvalue weighted by Gasteiger charge is -2.39. The second-order valence-corrected chi connectivity index (χ2v) is 14.2. The monoisotopic (exact) mass is 675 g/mol. The van der Waals surface area contributed by atoms with Gasteiger partial charge in [0, 0.05) is 36.5 Å². The maximum absolute atomic E-state index is 14.2. The molecule has 1 aliphatic carbocycles. The SMILES string of the molecule is CC(C)(C)NC(=O)N(N[C@@H](CC1CCCCC1)[C@H](O)CCCc1ccccn1)[C@@H](Cc1ccccc1)C(=O)N[C@@H](Cc1c[nH]cn1)C(=O)O. The van der Waals surface area contributed by atoms with E-state index in [0.29, 0.717) is 37.3 Å². The second kappa shape index (κ2) is 18.5. The number of aromatic nitrogens is 3. The first-order valence-electron chi connectivity index (χ1n) is 17.5. The molecule has 1 saturated carbocycles. The number of urea groups is 1. The van der Waals surface area contributed by atoms with Crippen LogP contribution in [-0.4, -0.2) is 77.8 Å². The van der Waals surface area contributed by atoms with Crippen LogP contribution < -0.4 is 16.1 Å². The molecule has 3 amide bonds. The quantitative estimate of drug-likeness (QED) is 0.113. The van der Waals surface area contributed by atoms with Gasteiger partial charge >= 0.3 is 12.0 Å². The lowest BCUT2D eigenvalue weighted by atomic mass is 9.83. The predicted octanol–water partition coefficient (Wildman–Crippen LogP) is 4.57. The minimum atomic E-state index is -1.28. The average molecular weight is 676 g/mol. The van der Waals surface area contributed by atoms with E-state index in [1.54, 1.807) is 12.4 Å². The van der Waals surface area contributed by atoms with Crippen molar-refractivity contribution in [3.8, 4) is 0 Å². The summed E-state index contributed by atoms with van der Waals surface area (Å²) in [6, 6.07) is 11.6. The van der Waals surface area contributed by atoms with Crippen molar-refractivity contribution in [2.24, 2.45) is 5.92 Å². The van der Waals surface area contributed by atoms with E-state index in [1.165, 1.54) is 17.8 Å². The van der Waals surface area contributed by atoms with Gasteiger partial charge in [-0.05, 0) is 70.1 Å². The summed E-state index contributed by atoms with van der Waals surface area (Å²) in [4.78, 5) is 52.1. The zero-order chi connectivity index (χ0) is 35.2. The Balaban J connectivity index is 1.65. The first-order valence-corrected chi connectivity index (χ1v) is 17.5. The van der Waals surface area contributed by atoms with Gasteiger partial charge in [0.25, 0.3) is 0 Å². The van der Waals surface area contributed by atoms with Gasteiger partial charge in [-0.25, -0.2) is 25.0 Å². The number of aliphatic hydroxyl groups excluding tert-OH is 1. The molecule has 2 heterocycles. The molecule has 0 bridgehead atoms. The Kier molecular flexibility index (Phi) is 14.1. The van der Waals surface area contributed by atoms with E-state index < -0.39 is 47.7 Å². The number of hydrazine groups is 1. The third kappa shape index (κ3) is 12.6. The smallest absolute Gasteiger partial charge is 0.332 e. The van der Waals surface area contributed by atoms with Crippen molar-refractivity contribution in [1.29, 1.82) is 0 Å². The minimum absolute atomic E-state index is 0.0382. The van der Waals surface area contributed by atoms with Gasteiger partial charge in [-0.1, -0.05) is 68.5 Å². The topological polar surface area (TPSA) is 173 Å². The van der Waals surface area contributed by atoms with Gasteiger partial charge in [-0.2, -0.15) is 0 Å². The summed E-state index contributed by atoms with van der Waals surface area (Å²) >= 11 is 0. The summed E-state index contributed by atoms with van der Waals surface area (Å²) in [5, 5.41) is 28.7. The highest BCUT2D eigenvalue weighted by molar-refractivity contribution is 5.90. The first-order chi connectivity index (χ1) is 23.5. The number of amides is 3. The molecule has 2 aromatic heterocycles. The summed E-state index contributed by atoms with van der Waals surface area (Å²) in [7, 11) is 0. The lowest BCUT2D eigenvalue weighted by molar-refractivity contribution is -0.142. The number of nitrogens with zero attached hydrogens (tertiary/aromatic N) is 3. The van der Waals surface area contributed by atoms with Crippen molar-refractivity contribution in [2.45, 2.75) is 121 Å². The van der Waals surface area contributed by atoms with Crippen molar-refractivity contribution in [3.63, 3.8) is 0 Å². The molecule has 266 valence electrons. The lowest BCUT2D eigenvalue weighted by Crippen LogP contribution is -2.65. The van der Waals surface area contributed by atoms with Crippen LogP contribution >= 0.6 is 0 Å². The van der Waals surface area contributed by atoms with Crippen LogP contribution in [-0.2, 0) is 28.9 Å². The van der Waals surface area contributed by atoms with Crippen LogP contribution in [0.4, 0.5) is 4.79 Å². The third-order valence-electron chi connectivity index (χ3n) is 8.91. The number of imidazole rings is 1. The summed E-state index contributed by atoms with van der Waals surface area (Å²) in [5.41, 5.74) is 4.92. The number of carbonyl (C=O) groups is 3. The predicted molar refractivity (Wildman–Crippen MR) is 187 cm³/mol. The van der Waals surface area contributed by atoms with Crippen LogP contribution in [0.5, 0.6) is 0 Å². The number of hydrogen-bond donors (Lipinski definition) is 6. The van der Waals surface area contributed by atoms with Crippen molar-refractivity contribution in [1.82, 2.24) is 36.0 Å². The van der Waals surface area contributed by atoms with Crippen LogP contribution in [0.2, 0.25) is 0 Å². The van der Waals surface area contributed by atoms with Gasteiger partial charge in [0.1, 0.15) is 12.1 Å². The number of carbonyl (C=O) groups excluding carboxylic acids is 2. The average Bonchev–Trinajstić information content (AvgIpc) is 3.59. The fraction of sp³-hybridized carbons (Fsp3) is 0.541. The molecule has 1 aliphatic rings. The summed E-state index contributed by atoms with van der Waals surface area (Å²) in [6.07, 6.45) is 12.0. The van der Waals surface area contributed by atoms with Gasteiger partial charge in [0.15, 0.2) is 0 Å². The van der Waals surface area contributed by atoms with E-state index in [1.807, 2.05) is 69.3 Å². The minimum Gasteiger partial charge on any atom is -0.480 e. The van der Waals surface area contributed by atoms with E-state index in [0.717, 1.165) is 36.9 Å². The Morgan fingerprint density at radius 2 is 1.71 bits per heavy atom. The van der Waals surface area contributed by atoms with Crippen LogP contribution in [0, 0.1) is 5.92 Å². The molecule has 0 spiro atoms. The van der Waals surface area contributed by atoms with Crippen LogP contribution in [0.15, 0.2) is 67.3 Å². The van der Waals surface area contributed by atoms with E-state index in [9.17, 15) is 24.6 Å². The normalized spacial score (nSPS) is 16.2. The second-order valence-electron chi connectivity index (χ2n) is 14.2. The molecule has 4 atom stereocenters. The molecule has 0 saturated heterocycles. The maximum atomic E-state index is 14.2. The molecular formula is C37H53N7O5. The van der Waals surface area contributed by atoms with Gasteiger partial charge in [0.05, 0.1) is 24.2 Å². The van der Waals surface area contributed by atoms with Crippen LogP contribution in [0.3, 0.4) is 0 Å². The number of carboxylic acid groups (broad SMARTS) is 1. The molecule has 0 radical (unpaired) electrons. The number of aliphatic hydroxyl groups is 1. The molecule has 12 heteroatoms. The number of aromatic amines is 1. The Morgan fingerprint density at radius 3 is 2.35 bits per heavy atom. The van der Waals surface area contributed by atoms with Crippen LogP contribution in [0.1, 0.15) is 89.1 Å². The molecule has 3 aromatic rings. The Bertz CT molecular complexity index is 1430. The highest BCUT2D eigenvalue weighted by Gasteiger charge is 2.37. The van der Waals surface area contributed by atoms with E-state index in [2.05, 4.69) is 31.0 Å². The number of nitrogens with one attached hydrogen (secondary N) is 4. The van der Waals surface area contributed by atoms with Crippen molar-refractivity contribution in [2.75, 3.05) is 0 Å². The number of rotatable bonds is 17. The number of carboxylic acids is 1. The standard InChI is InChI=1S/C37H53N7O5/c1-37(2,3)42-36(49)44(43-30(21-26-13-6-4-7-14-26)33(45)19-12-18-28-17-10-11-20-39-28)32(22-27-15-8-5-9-16-27)34(46)41-31(35(47)48)23-29-24-38-25-40-29/h5,8-11,15-17,20,24-26,30-33,43,45H,4,6-7,12-14,18-19,21-23H2,1-3H3,(H,38,40)(H,41,46)(H,42,49)(H,47,48)/t30-,31-,32-,33+/m0/s1. The summed E-state index contributed by atoms with van der Waals surface area (Å²) in [5.74, 6) is -1.49. The van der Waals surface area contributed by atoms with E-state index in [-0.39, 0.29) is 12.8 Å². The zero-order valence-corrected chi connectivity index (χ0v) is 29.0. The number of H-pyrrole nitrogens is 1. The molecule has 1 fully saturated rings. The largest absolute Gasteiger partial charge is 0.480 e. The fourth-order valence-electron chi connectivity index (χ4n) is 6.39. The number of aryl methyl sites for hydroxylation is 1. The van der Waals surface area contributed by atoms with E-state index in [4.69, 9.17) is 0 Å². The first kappa shape index (κ1) is 37.5. The number of benzene rings is 1. The number of hydrogen-bond acceptors (Lipinski definition) is 7. The van der Waals surface area contributed by atoms with Gasteiger partial charge in [-0.15, -0.1) is 0 Å². The molecule has 6 N–H and O–H groups in total. The Labute approximate surface area is 289 Å². The highest BCUT2D eigenvalue weighted by atomic mass is 16.4. The highest BCUT2D eigenvalue weighted by Crippen LogP contribution is 2.29. The number of aliphatic carboxylic acids is 1. The Hall–Kier alpha value is -4.29. The van der Waals surface area contributed by atoms with Crippen LogP contribution in [0.25, 0.3) is 0 Å². The molecule has 12 nitrogen and oxygen atoms in total. The maximum Gasteiger partial charge on any atom is 0.332 e. The molecule has 1 aromatic carbocycles. The van der Waals surface area contributed by atoms with Crippen molar-refractivity contribution >= 4 is 17.9 Å². The third-order valence-corrected chi connectivity index (χ3v) is 8.91. The van der Waals surface area contributed by atoms with Gasteiger partial charge < -0.3 is 25.8 Å².